The van der Waals surface area contributed by atoms with Gasteiger partial charge in [0.15, 0.2) is 5.65 Å². The Labute approximate surface area is 202 Å². The fourth-order valence-corrected chi connectivity index (χ4v) is 6.25. The van der Waals surface area contributed by atoms with Crippen molar-refractivity contribution in [2.75, 3.05) is 31.7 Å². The van der Waals surface area contributed by atoms with Crippen molar-refractivity contribution in [3.05, 3.63) is 49.1 Å². The first-order valence-electron chi connectivity index (χ1n) is 11.6. The topological polar surface area (TPSA) is 90.8 Å². The molecule has 0 bridgehead atoms. The van der Waals surface area contributed by atoms with Gasteiger partial charge in [-0.15, -0.1) is 0 Å². The van der Waals surface area contributed by atoms with Crippen molar-refractivity contribution in [3.8, 4) is 5.75 Å². The molecule has 0 aliphatic carbocycles. The van der Waals surface area contributed by atoms with Crippen molar-refractivity contribution in [2.24, 2.45) is 11.1 Å². The quantitative estimate of drug-likeness (QED) is 0.476. The van der Waals surface area contributed by atoms with E-state index in [0.29, 0.717) is 0 Å². The summed E-state index contributed by atoms with van der Waals surface area (Å²) in [5, 5.41) is 1.08. The molecule has 3 aromatic heterocycles. The normalized spacial score (nSPS) is 22.1. The van der Waals surface area contributed by atoms with E-state index >= 15 is 0 Å². The molecule has 2 atom stereocenters. The molecule has 8 nitrogen and oxygen atoms in total. The van der Waals surface area contributed by atoms with Gasteiger partial charge in [0.05, 0.1) is 30.2 Å². The fraction of sp³-hybridized carbons (Fsp3) is 0.400. The largest absolute Gasteiger partial charge is 0.497 e. The molecule has 2 aliphatic rings. The van der Waals surface area contributed by atoms with Gasteiger partial charge < -0.3 is 20.1 Å². The van der Waals surface area contributed by atoms with Gasteiger partial charge in [-0.1, -0.05) is 11.8 Å². The second-order valence-electron chi connectivity index (χ2n) is 9.23. The molecular weight excluding hydrogens is 448 g/mol. The van der Waals surface area contributed by atoms with E-state index < -0.39 is 0 Å². The number of ether oxygens (including phenoxy) is 2. The highest BCUT2D eigenvalue weighted by Gasteiger charge is 2.47. The summed E-state index contributed by atoms with van der Waals surface area (Å²) in [6, 6.07) is 8.11. The van der Waals surface area contributed by atoms with Crippen LogP contribution in [0.4, 0.5) is 5.95 Å². The zero-order valence-electron chi connectivity index (χ0n) is 19.3. The van der Waals surface area contributed by atoms with Crippen LogP contribution in [0.15, 0.2) is 58.8 Å². The minimum absolute atomic E-state index is 0.0881. The molecule has 6 rings (SSSR count). The Morgan fingerprint density at radius 3 is 2.74 bits per heavy atom. The van der Waals surface area contributed by atoms with E-state index in [9.17, 15) is 0 Å². The molecule has 176 valence electrons. The van der Waals surface area contributed by atoms with Crippen molar-refractivity contribution in [1.82, 2.24) is 19.4 Å². The van der Waals surface area contributed by atoms with Crippen LogP contribution in [0, 0.1) is 5.41 Å². The SMILES string of the molecule is COc1ccc2c(Sc3cnc(N4CCC5(CC4)CO[C@@H](C)[C@H]5N)n4ccnc34)ccnc2c1. The number of hydrogen-bond acceptors (Lipinski definition) is 8. The summed E-state index contributed by atoms with van der Waals surface area (Å²) in [6.45, 7) is 4.67. The van der Waals surface area contributed by atoms with E-state index in [2.05, 4.69) is 32.3 Å². The molecular formula is C25H28N6O2S. The summed E-state index contributed by atoms with van der Waals surface area (Å²) in [5.74, 6) is 1.73. The Hall–Kier alpha value is -2.88. The van der Waals surface area contributed by atoms with Crippen LogP contribution in [0.3, 0.4) is 0 Å². The Kier molecular flexibility index (Phi) is 5.35. The lowest BCUT2D eigenvalue weighted by molar-refractivity contribution is 0.0973. The zero-order chi connectivity index (χ0) is 23.3. The predicted molar refractivity (Wildman–Crippen MR) is 133 cm³/mol. The summed E-state index contributed by atoms with van der Waals surface area (Å²) >= 11 is 1.66. The lowest BCUT2D eigenvalue weighted by Crippen LogP contribution is -2.51. The van der Waals surface area contributed by atoms with Crippen molar-refractivity contribution in [1.29, 1.82) is 0 Å². The number of methoxy groups -OCH3 is 1. The second kappa shape index (κ2) is 8.41. The number of fused-ring (bicyclic) bond motifs is 2. The number of imidazole rings is 1. The van der Waals surface area contributed by atoms with E-state index in [-0.39, 0.29) is 17.6 Å². The second-order valence-corrected chi connectivity index (χ2v) is 10.3. The highest BCUT2D eigenvalue weighted by molar-refractivity contribution is 7.99. The van der Waals surface area contributed by atoms with Crippen molar-refractivity contribution < 1.29 is 9.47 Å². The van der Waals surface area contributed by atoms with Gasteiger partial charge in [0.2, 0.25) is 5.95 Å². The molecule has 0 unspecified atom stereocenters. The summed E-state index contributed by atoms with van der Waals surface area (Å²) < 4.78 is 13.3. The van der Waals surface area contributed by atoms with Gasteiger partial charge in [-0.2, -0.15) is 0 Å². The first kappa shape index (κ1) is 21.6. The summed E-state index contributed by atoms with van der Waals surface area (Å²) in [7, 11) is 1.67. The molecule has 1 aromatic carbocycles. The molecule has 1 spiro atoms. The molecule has 2 aliphatic heterocycles. The maximum Gasteiger partial charge on any atom is 0.211 e. The van der Waals surface area contributed by atoms with E-state index in [1.165, 1.54) is 0 Å². The van der Waals surface area contributed by atoms with E-state index in [4.69, 9.17) is 20.2 Å². The Morgan fingerprint density at radius 1 is 1.12 bits per heavy atom. The van der Waals surface area contributed by atoms with Gasteiger partial charge in [-0.25, -0.2) is 9.97 Å². The third kappa shape index (κ3) is 3.50. The lowest BCUT2D eigenvalue weighted by Gasteiger charge is -2.41. The molecule has 34 heavy (non-hydrogen) atoms. The molecule has 0 saturated carbocycles. The van der Waals surface area contributed by atoms with Gasteiger partial charge >= 0.3 is 0 Å². The Morgan fingerprint density at radius 2 is 1.97 bits per heavy atom. The smallest absolute Gasteiger partial charge is 0.211 e. The molecule has 0 amide bonds. The molecule has 4 aromatic rings. The number of nitrogens with zero attached hydrogens (tertiary/aromatic N) is 5. The van der Waals surface area contributed by atoms with Gasteiger partial charge in [0, 0.05) is 65.7 Å². The standard InChI is InChI=1S/C25H28N6O2S/c1-16-22(26)25(15-33-16)6-10-30(11-7-25)24-29-14-21(23-28-9-12-31(23)24)34-20-5-8-27-19-13-17(32-2)3-4-18(19)20/h3-5,8-9,12-14,16,22H,6-7,10-11,15,26H2,1-2H3/t16-,22+/m0/s1. The minimum Gasteiger partial charge on any atom is -0.497 e. The van der Waals surface area contributed by atoms with Crippen LogP contribution in [-0.4, -0.2) is 58.3 Å². The van der Waals surface area contributed by atoms with Crippen LogP contribution in [-0.2, 0) is 4.74 Å². The molecule has 9 heteroatoms. The Bertz CT molecular complexity index is 1350. The van der Waals surface area contributed by atoms with Crippen molar-refractivity contribution >= 4 is 34.3 Å². The first-order valence-corrected chi connectivity index (χ1v) is 12.4. The zero-order valence-corrected chi connectivity index (χ0v) is 20.2. The van der Waals surface area contributed by atoms with Crippen molar-refractivity contribution in [2.45, 2.75) is 41.7 Å². The summed E-state index contributed by atoms with van der Waals surface area (Å²) in [5.41, 5.74) is 8.40. The highest BCUT2D eigenvalue weighted by Crippen LogP contribution is 2.42. The van der Waals surface area contributed by atoms with E-state index in [1.54, 1.807) is 18.9 Å². The number of hydrogen-bond donors (Lipinski definition) is 1. The van der Waals surface area contributed by atoms with Crippen LogP contribution in [0.5, 0.6) is 5.75 Å². The maximum atomic E-state index is 6.51. The maximum absolute atomic E-state index is 6.51. The van der Waals surface area contributed by atoms with Gasteiger partial charge in [-0.3, -0.25) is 9.38 Å². The average Bonchev–Trinajstić information content (AvgIpc) is 3.47. The Balaban J connectivity index is 1.28. The third-order valence-corrected chi connectivity index (χ3v) is 8.48. The van der Waals surface area contributed by atoms with Crippen LogP contribution in [0.1, 0.15) is 19.8 Å². The average molecular weight is 477 g/mol. The lowest BCUT2D eigenvalue weighted by atomic mass is 9.73. The summed E-state index contributed by atoms with van der Waals surface area (Å²) in [6.07, 6.45) is 9.76. The summed E-state index contributed by atoms with van der Waals surface area (Å²) in [4.78, 5) is 18.5. The van der Waals surface area contributed by atoms with Gasteiger partial charge in [0.25, 0.3) is 0 Å². The number of pyridine rings is 1. The molecule has 2 fully saturated rings. The highest BCUT2D eigenvalue weighted by atomic mass is 32.2. The van der Waals surface area contributed by atoms with Crippen LogP contribution in [0.25, 0.3) is 16.6 Å². The minimum atomic E-state index is 0.0881. The van der Waals surface area contributed by atoms with E-state index in [1.807, 2.05) is 43.0 Å². The van der Waals surface area contributed by atoms with E-state index in [0.717, 1.165) is 70.6 Å². The number of anilines is 1. The third-order valence-electron chi connectivity index (χ3n) is 7.39. The molecule has 5 heterocycles. The molecule has 2 saturated heterocycles. The van der Waals surface area contributed by atoms with Crippen molar-refractivity contribution in [3.63, 3.8) is 0 Å². The number of aromatic nitrogens is 4. The van der Waals surface area contributed by atoms with Crippen LogP contribution >= 0.6 is 11.8 Å². The number of piperidine rings is 1. The monoisotopic (exact) mass is 476 g/mol. The fourth-order valence-electron chi connectivity index (χ4n) is 5.25. The molecule has 0 radical (unpaired) electrons. The predicted octanol–water partition coefficient (Wildman–Crippen LogP) is 3.77. The first-order chi connectivity index (χ1) is 16.6. The number of rotatable bonds is 4. The van der Waals surface area contributed by atoms with Gasteiger partial charge in [-0.05, 0) is 38.0 Å². The number of nitrogens with two attached hydrogens (primary N) is 1. The van der Waals surface area contributed by atoms with Gasteiger partial charge in [0.1, 0.15) is 5.75 Å². The van der Waals surface area contributed by atoms with Crippen LogP contribution < -0.4 is 15.4 Å². The van der Waals surface area contributed by atoms with Crippen LogP contribution in [0.2, 0.25) is 0 Å². The molecule has 2 N–H and O–H groups in total. The number of benzene rings is 1.